The van der Waals surface area contributed by atoms with Crippen LogP contribution in [0, 0.1) is 6.92 Å². The molecule has 2 heterocycles. The Balaban J connectivity index is 1.97. The molecular formula is C15H17N5O. The first-order chi connectivity index (χ1) is 10.1. The van der Waals surface area contributed by atoms with E-state index in [1.54, 1.807) is 22.5 Å². The normalized spacial score (nSPS) is 12.7. The molecule has 3 rings (SSSR count). The van der Waals surface area contributed by atoms with Gasteiger partial charge in [-0.05, 0) is 18.1 Å². The van der Waals surface area contributed by atoms with E-state index in [4.69, 9.17) is 5.73 Å². The summed E-state index contributed by atoms with van der Waals surface area (Å²) in [5, 5.41) is 4.57. The van der Waals surface area contributed by atoms with Crippen molar-refractivity contribution < 1.29 is 0 Å². The van der Waals surface area contributed by atoms with Gasteiger partial charge < -0.3 is 5.73 Å². The van der Waals surface area contributed by atoms with E-state index in [9.17, 15) is 4.79 Å². The average Bonchev–Trinajstić information content (AvgIpc) is 2.84. The third-order valence-electron chi connectivity index (χ3n) is 3.70. The van der Waals surface area contributed by atoms with E-state index in [-0.39, 0.29) is 11.6 Å². The summed E-state index contributed by atoms with van der Waals surface area (Å²) in [7, 11) is 1.76. The molecule has 108 valence electrons. The minimum atomic E-state index is -0.250. The molecule has 1 atom stereocenters. The van der Waals surface area contributed by atoms with Gasteiger partial charge in [-0.3, -0.25) is 14.0 Å². The van der Waals surface area contributed by atoms with Gasteiger partial charge in [-0.25, -0.2) is 4.98 Å². The molecule has 0 aliphatic heterocycles. The molecule has 0 saturated heterocycles. The van der Waals surface area contributed by atoms with Crippen molar-refractivity contribution in [2.45, 2.75) is 19.5 Å². The molecule has 2 N–H and O–H groups in total. The van der Waals surface area contributed by atoms with E-state index >= 15 is 0 Å². The average molecular weight is 283 g/mol. The van der Waals surface area contributed by atoms with Crippen molar-refractivity contribution in [3.8, 4) is 0 Å². The van der Waals surface area contributed by atoms with Gasteiger partial charge in [0, 0.05) is 19.6 Å². The SMILES string of the molecule is Cc1ccccc1C(N)Cn1cnc2c(cnn2C)c1=O. The molecule has 3 aromatic rings. The Kier molecular flexibility index (Phi) is 3.31. The van der Waals surface area contributed by atoms with Gasteiger partial charge in [0.2, 0.25) is 0 Å². The molecule has 0 aliphatic rings. The van der Waals surface area contributed by atoms with E-state index in [1.807, 2.05) is 31.2 Å². The lowest BCUT2D eigenvalue weighted by atomic mass is 10.0. The topological polar surface area (TPSA) is 78.7 Å². The number of aromatic nitrogens is 4. The van der Waals surface area contributed by atoms with Gasteiger partial charge in [-0.15, -0.1) is 0 Å². The molecule has 0 aliphatic carbocycles. The van der Waals surface area contributed by atoms with Crippen LogP contribution >= 0.6 is 0 Å². The molecule has 0 saturated carbocycles. The first kappa shape index (κ1) is 13.5. The third kappa shape index (κ3) is 2.34. The number of hydrogen-bond acceptors (Lipinski definition) is 4. The predicted octanol–water partition coefficient (Wildman–Crippen LogP) is 1.14. The Labute approximate surface area is 121 Å². The van der Waals surface area contributed by atoms with Crippen molar-refractivity contribution in [2.24, 2.45) is 12.8 Å². The molecule has 0 spiro atoms. The van der Waals surface area contributed by atoms with Crippen molar-refractivity contribution in [1.29, 1.82) is 0 Å². The predicted molar refractivity (Wildman–Crippen MR) is 80.9 cm³/mol. The molecule has 6 heteroatoms. The summed E-state index contributed by atoms with van der Waals surface area (Å²) >= 11 is 0. The summed E-state index contributed by atoms with van der Waals surface area (Å²) in [4.78, 5) is 16.7. The maximum absolute atomic E-state index is 12.4. The maximum atomic E-state index is 12.4. The molecular weight excluding hydrogens is 266 g/mol. The molecule has 21 heavy (non-hydrogen) atoms. The van der Waals surface area contributed by atoms with Crippen molar-refractivity contribution in [3.63, 3.8) is 0 Å². The zero-order valence-electron chi connectivity index (χ0n) is 12.0. The van der Waals surface area contributed by atoms with E-state index < -0.39 is 0 Å². The molecule has 1 unspecified atom stereocenters. The number of nitrogens with two attached hydrogens (primary N) is 1. The van der Waals surface area contributed by atoms with Crippen molar-refractivity contribution in [1.82, 2.24) is 19.3 Å². The highest BCUT2D eigenvalue weighted by Gasteiger charge is 2.13. The number of benzene rings is 1. The van der Waals surface area contributed by atoms with Crippen LogP contribution in [0.4, 0.5) is 0 Å². The molecule has 1 aromatic carbocycles. The lowest BCUT2D eigenvalue weighted by molar-refractivity contribution is 0.556. The minimum absolute atomic E-state index is 0.114. The van der Waals surface area contributed by atoms with E-state index in [1.165, 1.54) is 6.33 Å². The van der Waals surface area contributed by atoms with Crippen LogP contribution < -0.4 is 11.3 Å². The van der Waals surface area contributed by atoms with Crippen molar-refractivity contribution >= 4 is 11.0 Å². The first-order valence-corrected chi connectivity index (χ1v) is 6.76. The van der Waals surface area contributed by atoms with Crippen LogP contribution in [0.25, 0.3) is 11.0 Å². The summed E-state index contributed by atoms with van der Waals surface area (Å²) in [6, 6.07) is 7.68. The number of nitrogens with zero attached hydrogens (tertiary/aromatic N) is 4. The second-order valence-corrected chi connectivity index (χ2v) is 5.17. The number of hydrogen-bond donors (Lipinski definition) is 1. The fourth-order valence-corrected chi connectivity index (χ4v) is 2.51. The van der Waals surface area contributed by atoms with E-state index in [0.29, 0.717) is 17.6 Å². The summed E-state index contributed by atoms with van der Waals surface area (Å²) in [6.07, 6.45) is 3.07. The molecule has 0 amide bonds. The monoisotopic (exact) mass is 283 g/mol. The van der Waals surface area contributed by atoms with E-state index in [2.05, 4.69) is 10.1 Å². The highest BCUT2D eigenvalue weighted by atomic mass is 16.1. The quantitative estimate of drug-likeness (QED) is 0.781. The number of fused-ring (bicyclic) bond motifs is 1. The Morgan fingerprint density at radius 2 is 2.10 bits per heavy atom. The molecule has 0 fully saturated rings. The zero-order valence-corrected chi connectivity index (χ0v) is 12.0. The van der Waals surface area contributed by atoms with Gasteiger partial charge in [-0.2, -0.15) is 5.10 Å². The number of rotatable bonds is 3. The third-order valence-corrected chi connectivity index (χ3v) is 3.70. The fourth-order valence-electron chi connectivity index (χ4n) is 2.51. The minimum Gasteiger partial charge on any atom is -0.322 e. The smallest absolute Gasteiger partial charge is 0.264 e. The highest BCUT2D eigenvalue weighted by Crippen LogP contribution is 2.16. The standard InChI is InChI=1S/C15H17N5O/c1-10-5-3-4-6-11(10)13(16)8-20-9-17-14-12(15(20)21)7-18-19(14)2/h3-7,9,13H,8,16H2,1-2H3. The van der Waals surface area contributed by atoms with Gasteiger partial charge in [0.25, 0.3) is 5.56 Å². The van der Waals surface area contributed by atoms with Crippen molar-refractivity contribution in [2.75, 3.05) is 0 Å². The molecule has 6 nitrogen and oxygen atoms in total. The van der Waals surface area contributed by atoms with Gasteiger partial charge in [0.05, 0.1) is 6.20 Å². The second kappa shape index (κ2) is 5.14. The lowest BCUT2D eigenvalue weighted by Crippen LogP contribution is -2.27. The highest BCUT2D eigenvalue weighted by molar-refractivity contribution is 5.72. The fraction of sp³-hybridized carbons (Fsp3) is 0.267. The molecule has 0 bridgehead atoms. The zero-order chi connectivity index (χ0) is 15.0. The van der Waals surface area contributed by atoms with Gasteiger partial charge in [-0.1, -0.05) is 24.3 Å². The summed E-state index contributed by atoms with van der Waals surface area (Å²) in [5.74, 6) is 0. The van der Waals surface area contributed by atoms with Crippen LogP contribution in [-0.2, 0) is 13.6 Å². The Morgan fingerprint density at radius 3 is 2.86 bits per heavy atom. The Bertz CT molecular complexity index is 849. The molecule has 0 radical (unpaired) electrons. The van der Waals surface area contributed by atoms with Gasteiger partial charge >= 0.3 is 0 Å². The number of aryl methyl sites for hydroxylation is 2. The van der Waals surface area contributed by atoms with Crippen LogP contribution in [0.15, 0.2) is 41.6 Å². The van der Waals surface area contributed by atoms with Crippen LogP contribution in [0.1, 0.15) is 17.2 Å². The van der Waals surface area contributed by atoms with Crippen LogP contribution in [-0.4, -0.2) is 19.3 Å². The van der Waals surface area contributed by atoms with Crippen molar-refractivity contribution in [3.05, 3.63) is 58.3 Å². The Hall–Kier alpha value is -2.47. The van der Waals surface area contributed by atoms with Crippen LogP contribution in [0.3, 0.4) is 0 Å². The second-order valence-electron chi connectivity index (χ2n) is 5.17. The van der Waals surface area contributed by atoms with E-state index in [0.717, 1.165) is 11.1 Å². The summed E-state index contributed by atoms with van der Waals surface area (Å²) < 4.78 is 3.13. The maximum Gasteiger partial charge on any atom is 0.264 e. The largest absolute Gasteiger partial charge is 0.322 e. The lowest BCUT2D eigenvalue weighted by Gasteiger charge is -2.15. The van der Waals surface area contributed by atoms with Crippen LogP contribution in [0.5, 0.6) is 0 Å². The first-order valence-electron chi connectivity index (χ1n) is 6.76. The Morgan fingerprint density at radius 1 is 1.33 bits per heavy atom. The van der Waals surface area contributed by atoms with Crippen LogP contribution in [0.2, 0.25) is 0 Å². The summed E-state index contributed by atoms with van der Waals surface area (Å²) in [5.41, 5.74) is 8.86. The summed E-state index contributed by atoms with van der Waals surface area (Å²) in [6.45, 7) is 2.40. The van der Waals surface area contributed by atoms with Gasteiger partial charge in [0.1, 0.15) is 11.7 Å². The molecule has 2 aromatic heterocycles. The van der Waals surface area contributed by atoms with Gasteiger partial charge in [0.15, 0.2) is 5.65 Å².